The van der Waals surface area contributed by atoms with Crippen molar-refractivity contribution in [3.05, 3.63) is 88.9 Å². The lowest BCUT2D eigenvalue weighted by Crippen LogP contribution is -2.12. The minimum Gasteiger partial charge on any atom is -0.491 e. The minimum absolute atomic E-state index is 0.0675. The van der Waals surface area contributed by atoms with Gasteiger partial charge in [-0.2, -0.15) is 0 Å². The summed E-state index contributed by atoms with van der Waals surface area (Å²) < 4.78 is 11.5. The highest BCUT2D eigenvalue weighted by Crippen LogP contribution is 2.22. The lowest BCUT2D eigenvalue weighted by Gasteiger charge is -2.12. The van der Waals surface area contributed by atoms with Gasteiger partial charge in [0.05, 0.1) is 6.10 Å². The van der Waals surface area contributed by atoms with Crippen LogP contribution in [0.5, 0.6) is 11.5 Å². The SMILES string of the molecule is CC(C)Oc1cccc(NC(=O)c2cccc(OCc3ccccc3Cl)c2)c1. The van der Waals surface area contributed by atoms with Gasteiger partial charge >= 0.3 is 0 Å². The van der Waals surface area contributed by atoms with Crippen LogP contribution in [0.25, 0.3) is 0 Å². The third-order valence-corrected chi connectivity index (χ3v) is 4.28. The first-order valence-corrected chi connectivity index (χ1v) is 9.43. The molecule has 144 valence electrons. The molecule has 0 fully saturated rings. The van der Waals surface area contributed by atoms with Gasteiger partial charge in [-0.1, -0.05) is 41.9 Å². The Morgan fingerprint density at radius 1 is 0.964 bits per heavy atom. The number of anilines is 1. The molecule has 0 aliphatic rings. The molecule has 0 spiro atoms. The molecule has 3 aromatic carbocycles. The predicted molar refractivity (Wildman–Crippen MR) is 112 cm³/mol. The highest BCUT2D eigenvalue weighted by atomic mass is 35.5. The quantitative estimate of drug-likeness (QED) is 0.537. The first-order chi connectivity index (χ1) is 13.5. The van der Waals surface area contributed by atoms with Crippen molar-refractivity contribution in [3.8, 4) is 11.5 Å². The van der Waals surface area contributed by atoms with Gasteiger partial charge < -0.3 is 14.8 Å². The lowest BCUT2D eigenvalue weighted by atomic mass is 10.2. The number of halogens is 1. The highest BCUT2D eigenvalue weighted by molar-refractivity contribution is 6.31. The van der Waals surface area contributed by atoms with E-state index in [1.165, 1.54) is 0 Å². The fourth-order valence-electron chi connectivity index (χ4n) is 2.63. The van der Waals surface area contributed by atoms with Crippen LogP contribution in [0.3, 0.4) is 0 Å². The van der Waals surface area contributed by atoms with Crippen LogP contribution in [0.15, 0.2) is 72.8 Å². The number of benzene rings is 3. The van der Waals surface area contributed by atoms with Crippen LogP contribution >= 0.6 is 11.6 Å². The molecule has 3 rings (SSSR count). The fourth-order valence-corrected chi connectivity index (χ4v) is 2.82. The van der Waals surface area contributed by atoms with Gasteiger partial charge in [-0.15, -0.1) is 0 Å². The van der Waals surface area contributed by atoms with Crippen molar-refractivity contribution >= 4 is 23.2 Å². The maximum atomic E-state index is 12.6. The Labute approximate surface area is 170 Å². The van der Waals surface area contributed by atoms with Crippen molar-refractivity contribution < 1.29 is 14.3 Å². The Kier molecular flexibility index (Phi) is 6.56. The topological polar surface area (TPSA) is 47.6 Å². The molecule has 0 bridgehead atoms. The number of amides is 1. The first-order valence-electron chi connectivity index (χ1n) is 9.05. The highest BCUT2D eigenvalue weighted by Gasteiger charge is 2.09. The van der Waals surface area contributed by atoms with Gasteiger partial charge in [0.2, 0.25) is 0 Å². The van der Waals surface area contributed by atoms with E-state index in [0.29, 0.717) is 34.4 Å². The third-order valence-electron chi connectivity index (χ3n) is 3.91. The maximum Gasteiger partial charge on any atom is 0.255 e. The van der Waals surface area contributed by atoms with Crippen LogP contribution in [0.4, 0.5) is 5.69 Å². The molecule has 3 aromatic rings. The van der Waals surface area contributed by atoms with Crippen molar-refractivity contribution in [2.45, 2.75) is 26.6 Å². The molecule has 0 saturated carbocycles. The first kappa shape index (κ1) is 19.8. The Balaban J connectivity index is 1.66. The van der Waals surface area contributed by atoms with Crippen LogP contribution in [0.2, 0.25) is 5.02 Å². The Morgan fingerprint density at radius 2 is 1.71 bits per heavy atom. The van der Waals surface area contributed by atoms with Crippen molar-refractivity contribution in [1.29, 1.82) is 0 Å². The van der Waals surface area contributed by atoms with E-state index in [2.05, 4.69) is 5.32 Å². The van der Waals surface area contributed by atoms with Crippen LogP contribution in [-0.4, -0.2) is 12.0 Å². The molecule has 0 heterocycles. The van der Waals surface area contributed by atoms with E-state index in [4.69, 9.17) is 21.1 Å². The van der Waals surface area contributed by atoms with E-state index >= 15 is 0 Å². The Bertz CT molecular complexity index is 956. The molecule has 0 saturated heterocycles. The number of carbonyl (C=O) groups is 1. The number of hydrogen-bond acceptors (Lipinski definition) is 3. The van der Waals surface area contributed by atoms with E-state index in [9.17, 15) is 4.79 Å². The molecule has 0 aliphatic carbocycles. The largest absolute Gasteiger partial charge is 0.491 e. The zero-order valence-corrected chi connectivity index (χ0v) is 16.6. The number of ether oxygens (including phenoxy) is 2. The smallest absolute Gasteiger partial charge is 0.255 e. The molecule has 5 heteroatoms. The minimum atomic E-state index is -0.218. The van der Waals surface area contributed by atoms with Gasteiger partial charge in [0.1, 0.15) is 18.1 Å². The number of rotatable bonds is 7. The monoisotopic (exact) mass is 395 g/mol. The van der Waals surface area contributed by atoms with E-state index in [0.717, 1.165) is 5.56 Å². The summed E-state index contributed by atoms with van der Waals surface area (Å²) in [6.45, 7) is 4.25. The molecule has 1 amide bonds. The van der Waals surface area contributed by atoms with Gasteiger partial charge in [-0.3, -0.25) is 4.79 Å². The summed E-state index contributed by atoms with van der Waals surface area (Å²) in [4.78, 5) is 12.6. The van der Waals surface area contributed by atoms with Crippen molar-refractivity contribution in [2.24, 2.45) is 0 Å². The number of carbonyl (C=O) groups excluding carboxylic acids is 1. The molecular weight excluding hydrogens is 374 g/mol. The molecule has 0 unspecified atom stereocenters. The van der Waals surface area contributed by atoms with Crippen LogP contribution in [0, 0.1) is 0 Å². The van der Waals surface area contributed by atoms with E-state index in [1.54, 1.807) is 24.3 Å². The van der Waals surface area contributed by atoms with Gasteiger partial charge in [0.25, 0.3) is 5.91 Å². The summed E-state index contributed by atoms with van der Waals surface area (Å²) in [5.41, 5.74) is 2.07. The Morgan fingerprint density at radius 3 is 2.50 bits per heavy atom. The molecule has 0 aromatic heterocycles. The van der Waals surface area contributed by atoms with Crippen molar-refractivity contribution in [3.63, 3.8) is 0 Å². The number of hydrogen-bond donors (Lipinski definition) is 1. The van der Waals surface area contributed by atoms with Gasteiger partial charge in [-0.25, -0.2) is 0 Å². The van der Waals surface area contributed by atoms with E-state index < -0.39 is 0 Å². The molecule has 4 nitrogen and oxygen atoms in total. The second kappa shape index (κ2) is 9.29. The third kappa shape index (κ3) is 5.51. The molecule has 28 heavy (non-hydrogen) atoms. The van der Waals surface area contributed by atoms with E-state index in [1.807, 2.05) is 62.4 Å². The lowest BCUT2D eigenvalue weighted by molar-refractivity contribution is 0.102. The fraction of sp³-hybridized carbons (Fsp3) is 0.174. The van der Waals surface area contributed by atoms with Gasteiger partial charge in [0, 0.05) is 27.9 Å². The van der Waals surface area contributed by atoms with Gasteiger partial charge in [0.15, 0.2) is 0 Å². The second-order valence-electron chi connectivity index (χ2n) is 6.56. The molecule has 0 radical (unpaired) electrons. The van der Waals surface area contributed by atoms with Crippen molar-refractivity contribution in [1.82, 2.24) is 0 Å². The normalized spacial score (nSPS) is 10.6. The molecule has 0 aliphatic heterocycles. The predicted octanol–water partition coefficient (Wildman–Crippen LogP) is 5.96. The summed E-state index contributed by atoms with van der Waals surface area (Å²) in [5, 5.41) is 3.54. The number of nitrogens with one attached hydrogen (secondary N) is 1. The van der Waals surface area contributed by atoms with Gasteiger partial charge in [-0.05, 0) is 50.2 Å². The second-order valence-corrected chi connectivity index (χ2v) is 6.96. The summed E-state index contributed by atoms with van der Waals surface area (Å²) in [5.74, 6) is 1.10. The summed E-state index contributed by atoms with van der Waals surface area (Å²) in [7, 11) is 0. The standard InChI is InChI=1S/C23H22ClNO3/c1-16(2)28-21-11-6-9-19(14-21)25-23(26)17-8-5-10-20(13-17)27-15-18-7-3-4-12-22(18)24/h3-14,16H,15H2,1-2H3,(H,25,26). The zero-order valence-electron chi connectivity index (χ0n) is 15.8. The van der Waals surface area contributed by atoms with E-state index in [-0.39, 0.29) is 12.0 Å². The Hall–Kier alpha value is -2.98. The zero-order chi connectivity index (χ0) is 19.9. The maximum absolute atomic E-state index is 12.6. The van der Waals surface area contributed by atoms with Crippen LogP contribution in [0.1, 0.15) is 29.8 Å². The molecule has 0 atom stereocenters. The van der Waals surface area contributed by atoms with Crippen LogP contribution < -0.4 is 14.8 Å². The average molecular weight is 396 g/mol. The summed E-state index contributed by atoms with van der Waals surface area (Å²) in [6, 6.07) is 21.9. The van der Waals surface area contributed by atoms with Crippen LogP contribution in [-0.2, 0) is 6.61 Å². The summed E-state index contributed by atoms with van der Waals surface area (Å²) >= 11 is 6.15. The molecule has 1 N–H and O–H groups in total. The average Bonchev–Trinajstić information content (AvgIpc) is 2.67. The van der Waals surface area contributed by atoms with Crippen molar-refractivity contribution in [2.75, 3.05) is 5.32 Å². The summed E-state index contributed by atoms with van der Waals surface area (Å²) in [6.07, 6.45) is 0.0675. The molecular formula is C23H22ClNO3.